The summed E-state index contributed by atoms with van der Waals surface area (Å²) in [4.78, 5) is 27.1. The minimum absolute atomic E-state index is 0.0349. The highest BCUT2D eigenvalue weighted by Crippen LogP contribution is 2.37. The van der Waals surface area contributed by atoms with Crippen molar-refractivity contribution in [2.45, 2.75) is 4.90 Å². The van der Waals surface area contributed by atoms with Crippen LogP contribution < -0.4 is 9.21 Å². The van der Waals surface area contributed by atoms with E-state index in [4.69, 9.17) is 11.6 Å². The molecule has 0 saturated carbocycles. The Hall–Kier alpha value is -3.16. The summed E-state index contributed by atoms with van der Waals surface area (Å²) >= 11 is 5.87. The molecule has 0 fully saturated rings. The highest BCUT2D eigenvalue weighted by atomic mass is 35.5. The highest BCUT2D eigenvalue weighted by molar-refractivity contribution is 7.94. The number of anilines is 2. The summed E-state index contributed by atoms with van der Waals surface area (Å²) in [6.07, 6.45) is 0. The van der Waals surface area contributed by atoms with E-state index in [2.05, 4.69) is 0 Å². The van der Waals surface area contributed by atoms with Crippen LogP contribution in [0.2, 0.25) is 5.02 Å². The summed E-state index contributed by atoms with van der Waals surface area (Å²) in [6, 6.07) is 19.7. The quantitative estimate of drug-likeness (QED) is 0.581. The van der Waals surface area contributed by atoms with Crippen LogP contribution in [0.3, 0.4) is 0 Å². The number of benzene rings is 3. The summed E-state index contributed by atoms with van der Waals surface area (Å²) in [6.45, 7) is -0.309. The second kappa shape index (κ2) is 7.35. The molecule has 0 saturated heterocycles. The molecule has 0 aromatic heterocycles. The number of ketones is 1. The van der Waals surface area contributed by atoms with Crippen molar-refractivity contribution < 1.29 is 18.0 Å². The Morgan fingerprint density at radius 3 is 2.17 bits per heavy atom. The van der Waals surface area contributed by atoms with Crippen LogP contribution in [-0.4, -0.2) is 26.8 Å². The lowest BCUT2D eigenvalue weighted by atomic mass is 10.1. The third-order valence-corrected chi connectivity index (χ3v) is 6.54. The molecular formula is C21H15ClN2O4S. The van der Waals surface area contributed by atoms with E-state index < -0.39 is 16.1 Å². The van der Waals surface area contributed by atoms with E-state index in [1.165, 1.54) is 29.2 Å². The van der Waals surface area contributed by atoms with E-state index in [0.29, 0.717) is 10.6 Å². The molecule has 1 aliphatic rings. The number of rotatable bonds is 4. The molecule has 1 aliphatic heterocycles. The number of Topliss-reactive ketones (excluding diaryl/α,β-unsaturated/α-hetero) is 1. The van der Waals surface area contributed by atoms with Crippen LogP contribution in [0.1, 0.15) is 10.4 Å². The van der Waals surface area contributed by atoms with Crippen molar-refractivity contribution in [1.29, 1.82) is 0 Å². The van der Waals surface area contributed by atoms with E-state index in [-0.39, 0.29) is 28.6 Å². The smallest absolute Gasteiger partial charge is 0.292 e. The number of sulfonamides is 1. The van der Waals surface area contributed by atoms with Crippen LogP contribution in [0, 0.1) is 0 Å². The molecule has 146 valence electrons. The number of carbonyl (C=O) groups is 2. The Morgan fingerprint density at radius 1 is 0.862 bits per heavy atom. The molecule has 0 atom stereocenters. The van der Waals surface area contributed by atoms with Gasteiger partial charge in [-0.25, -0.2) is 13.2 Å². The lowest BCUT2D eigenvalue weighted by molar-refractivity contribution is 0.0999. The highest BCUT2D eigenvalue weighted by Gasteiger charge is 2.42. The standard InChI is InChI=1S/C21H15ClN2O4S/c22-16-12-10-15(11-13-16)19(25)14-23-18-8-4-5-9-20(18)29(27,28)24(21(23)26)17-6-2-1-3-7-17/h1-13H,14H2. The molecule has 0 radical (unpaired) electrons. The number of nitrogens with zero attached hydrogens (tertiary/aromatic N) is 2. The summed E-state index contributed by atoms with van der Waals surface area (Å²) in [5, 5.41) is 0.488. The van der Waals surface area contributed by atoms with Gasteiger partial charge >= 0.3 is 6.03 Å². The van der Waals surface area contributed by atoms with Crippen LogP contribution in [0.5, 0.6) is 0 Å². The number of hydrogen-bond acceptors (Lipinski definition) is 4. The largest absolute Gasteiger partial charge is 0.343 e. The average molecular weight is 427 g/mol. The molecule has 3 aromatic rings. The molecule has 1 heterocycles. The number of halogens is 1. The zero-order valence-electron chi connectivity index (χ0n) is 15.0. The summed E-state index contributed by atoms with van der Waals surface area (Å²) in [5.41, 5.74) is 0.752. The minimum atomic E-state index is -4.11. The fraction of sp³-hybridized carbons (Fsp3) is 0.0476. The van der Waals surface area contributed by atoms with Gasteiger partial charge < -0.3 is 0 Å². The van der Waals surface area contributed by atoms with E-state index in [1.807, 2.05) is 0 Å². The van der Waals surface area contributed by atoms with Gasteiger partial charge in [-0.1, -0.05) is 41.9 Å². The molecule has 8 heteroatoms. The maximum atomic E-state index is 13.2. The minimum Gasteiger partial charge on any atom is -0.292 e. The van der Waals surface area contributed by atoms with Gasteiger partial charge in [-0.3, -0.25) is 9.69 Å². The fourth-order valence-electron chi connectivity index (χ4n) is 3.15. The molecule has 0 bridgehead atoms. The summed E-state index contributed by atoms with van der Waals surface area (Å²) < 4.78 is 27.0. The Bertz CT molecular complexity index is 1190. The average Bonchev–Trinajstić information content (AvgIpc) is 2.72. The van der Waals surface area contributed by atoms with Crippen molar-refractivity contribution in [1.82, 2.24) is 0 Å². The van der Waals surface area contributed by atoms with Crippen molar-refractivity contribution in [3.63, 3.8) is 0 Å². The first-order chi connectivity index (χ1) is 13.9. The molecular weight excluding hydrogens is 412 g/mol. The van der Waals surface area contributed by atoms with Crippen molar-refractivity contribution in [3.05, 3.63) is 89.4 Å². The molecule has 6 nitrogen and oxygen atoms in total. The number of amides is 2. The van der Waals surface area contributed by atoms with E-state index in [0.717, 1.165) is 4.31 Å². The molecule has 0 unspecified atom stereocenters. The van der Waals surface area contributed by atoms with Crippen LogP contribution >= 0.6 is 11.6 Å². The monoisotopic (exact) mass is 426 g/mol. The number of hydrogen-bond donors (Lipinski definition) is 0. The Morgan fingerprint density at radius 2 is 1.48 bits per heavy atom. The van der Waals surface area contributed by atoms with Crippen molar-refractivity contribution in [2.75, 3.05) is 15.7 Å². The Labute approximate surface area is 173 Å². The number of urea groups is 1. The fourth-order valence-corrected chi connectivity index (χ4v) is 4.87. The van der Waals surface area contributed by atoms with Gasteiger partial charge in [-0.15, -0.1) is 0 Å². The molecule has 29 heavy (non-hydrogen) atoms. The Balaban J connectivity index is 1.80. The Kier molecular flexibility index (Phi) is 4.86. The van der Waals surface area contributed by atoms with E-state index in [1.54, 1.807) is 54.6 Å². The molecule has 4 rings (SSSR count). The van der Waals surface area contributed by atoms with Gasteiger partial charge in [0.2, 0.25) is 0 Å². The predicted molar refractivity (Wildman–Crippen MR) is 111 cm³/mol. The van der Waals surface area contributed by atoms with Gasteiger partial charge in [0.05, 0.1) is 17.9 Å². The van der Waals surface area contributed by atoms with Crippen LogP contribution in [0.4, 0.5) is 16.2 Å². The van der Waals surface area contributed by atoms with Crippen LogP contribution in [0.15, 0.2) is 83.8 Å². The third kappa shape index (κ3) is 3.39. The lowest BCUT2D eigenvalue weighted by Crippen LogP contribution is -2.52. The van der Waals surface area contributed by atoms with Gasteiger partial charge in [0.25, 0.3) is 10.0 Å². The van der Waals surface area contributed by atoms with Crippen molar-refractivity contribution >= 4 is 44.8 Å². The SMILES string of the molecule is O=C(CN1C(=O)N(c2ccccc2)S(=O)(=O)c2ccccc21)c1ccc(Cl)cc1. The number of para-hydroxylation sites is 2. The molecule has 3 aromatic carbocycles. The third-order valence-electron chi connectivity index (χ3n) is 4.54. The van der Waals surface area contributed by atoms with Gasteiger partial charge in [0.15, 0.2) is 5.78 Å². The van der Waals surface area contributed by atoms with Gasteiger partial charge in [0, 0.05) is 10.6 Å². The zero-order chi connectivity index (χ0) is 20.6. The lowest BCUT2D eigenvalue weighted by Gasteiger charge is -2.35. The zero-order valence-corrected chi connectivity index (χ0v) is 16.6. The van der Waals surface area contributed by atoms with Gasteiger partial charge in [0.1, 0.15) is 4.90 Å². The first-order valence-corrected chi connectivity index (χ1v) is 10.5. The van der Waals surface area contributed by atoms with Crippen molar-refractivity contribution in [3.8, 4) is 0 Å². The molecule has 0 aliphatic carbocycles. The van der Waals surface area contributed by atoms with Crippen LogP contribution in [-0.2, 0) is 10.0 Å². The van der Waals surface area contributed by atoms with Crippen molar-refractivity contribution in [2.24, 2.45) is 0 Å². The molecule has 0 spiro atoms. The summed E-state index contributed by atoms with van der Waals surface area (Å²) in [7, 11) is -4.11. The predicted octanol–water partition coefficient (Wildman–Crippen LogP) is 4.36. The van der Waals surface area contributed by atoms with Crippen LogP contribution in [0.25, 0.3) is 0 Å². The molecule has 0 N–H and O–H groups in total. The topological polar surface area (TPSA) is 74.8 Å². The van der Waals surface area contributed by atoms with E-state index >= 15 is 0 Å². The summed E-state index contributed by atoms with van der Waals surface area (Å²) in [5.74, 6) is -0.336. The second-order valence-corrected chi connectivity index (χ2v) is 8.56. The van der Waals surface area contributed by atoms with Gasteiger partial charge in [-0.2, -0.15) is 4.31 Å². The normalized spacial score (nSPS) is 15.1. The molecule has 2 amide bonds. The first-order valence-electron chi connectivity index (χ1n) is 8.69. The second-order valence-electron chi connectivity index (χ2n) is 6.37. The number of carbonyl (C=O) groups excluding carboxylic acids is 2. The number of fused-ring (bicyclic) bond motifs is 1. The first kappa shape index (κ1) is 19.2. The maximum absolute atomic E-state index is 13.2. The van der Waals surface area contributed by atoms with Gasteiger partial charge in [-0.05, 0) is 48.5 Å². The van der Waals surface area contributed by atoms with E-state index in [9.17, 15) is 18.0 Å². The maximum Gasteiger partial charge on any atom is 0.343 e.